The fourth-order valence-corrected chi connectivity index (χ4v) is 3.11. The minimum absolute atomic E-state index is 0.108. The highest BCUT2D eigenvalue weighted by Crippen LogP contribution is 2.33. The Morgan fingerprint density at radius 3 is 3.00 bits per heavy atom. The molecule has 0 saturated heterocycles. The average molecular weight is 344 g/mol. The van der Waals surface area contributed by atoms with Crippen LogP contribution in [-0.4, -0.2) is 17.6 Å². The van der Waals surface area contributed by atoms with E-state index in [1.54, 1.807) is 24.4 Å². The van der Waals surface area contributed by atoms with Crippen LogP contribution in [0.4, 0.5) is 4.39 Å². The summed E-state index contributed by atoms with van der Waals surface area (Å²) >= 11 is 4.61. The number of hydrogen-bond donors (Lipinski definition) is 0. The number of nitrogens with zero attached hydrogens (tertiary/aromatic N) is 1. The van der Waals surface area contributed by atoms with Gasteiger partial charge < -0.3 is 4.74 Å². The Morgan fingerprint density at radius 1 is 1.53 bits per heavy atom. The van der Waals surface area contributed by atoms with E-state index >= 15 is 0 Å². The third-order valence-electron chi connectivity index (χ3n) is 2.36. The predicted octanol–water partition coefficient (Wildman–Crippen LogP) is 3.82. The van der Waals surface area contributed by atoms with Gasteiger partial charge in [-0.25, -0.2) is 9.37 Å². The van der Waals surface area contributed by atoms with Crippen molar-refractivity contribution in [2.24, 2.45) is 0 Å². The molecule has 0 saturated carbocycles. The molecule has 0 unspecified atom stereocenters. The summed E-state index contributed by atoms with van der Waals surface area (Å²) in [6, 6.07) is 4.76. The van der Waals surface area contributed by atoms with E-state index < -0.39 is 0 Å². The van der Waals surface area contributed by atoms with Crippen LogP contribution in [0.2, 0.25) is 0 Å². The van der Waals surface area contributed by atoms with Gasteiger partial charge in [0.05, 0.1) is 24.3 Å². The van der Waals surface area contributed by atoms with E-state index in [9.17, 15) is 9.18 Å². The number of thiazole rings is 1. The zero-order valence-electron chi connectivity index (χ0n) is 10.2. The van der Waals surface area contributed by atoms with Crippen LogP contribution in [0.5, 0.6) is 0 Å². The zero-order valence-corrected chi connectivity index (χ0v) is 12.6. The summed E-state index contributed by atoms with van der Waals surface area (Å²) < 4.78 is 19.3. The molecule has 0 aliphatic heterocycles. The lowest BCUT2D eigenvalue weighted by Crippen LogP contribution is -2.07. The van der Waals surface area contributed by atoms with Crippen molar-refractivity contribution in [2.45, 2.75) is 13.3 Å². The Bertz CT molecular complexity index is 580. The maximum atomic E-state index is 13.8. The molecule has 0 N–H and O–H groups in total. The first kappa shape index (κ1) is 14.1. The number of ether oxygens (including phenoxy) is 1. The molecule has 0 aliphatic rings. The zero-order chi connectivity index (χ0) is 13.8. The second-order valence-corrected chi connectivity index (χ2v) is 5.43. The molecule has 1 aromatic carbocycles. The Kier molecular flexibility index (Phi) is 4.66. The second kappa shape index (κ2) is 6.25. The summed E-state index contributed by atoms with van der Waals surface area (Å²) in [5, 5.41) is 2.29. The van der Waals surface area contributed by atoms with E-state index in [0.717, 1.165) is 0 Å². The first-order chi connectivity index (χ1) is 9.11. The quantitative estimate of drug-likeness (QED) is 0.792. The molecular formula is C13H11BrFNO2S. The molecule has 3 nitrogen and oxygen atoms in total. The molecule has 0 fully saturated rings. The third kappa shape index (κ3) is 3.39. The van der Waals surface area contributed by atoms with E-state index in [-0.39, 0.29) is 18.2 Å². The van der Waals surface area contributed by atoms with Crippen molar-refractivity contribution in [1.29, 1.82) is 0 Å². The summed E-state index contributed by atoms with van der Waals surface area (Å²) in [6.07, 6.45) is 0.108. The number of carbonyl (C=O) groups is 1. The minimum Gasteiger partial charge on any atom is -0.466 e. The third-order valence-corrected chi connectivity index (χ3v) is 3.93. The van der Waals surface area contributed by atoms with Crippen LogP contribution >= 0.6 is 27.3 Å². The van der Waals surface area contributed by atoms with Gasteiger partial charge in [-0.3, -0.25) is 4.79 Å². The minimum atomic E-state index is -0.341. The lowest BCUT2D eigenvalue weighted by Gasteiger charge is -2.02. The van der Waals surface area contributed by atoms with E-state index in [4.69, 9.17) is 4.74 Å². The van der Waals surface area contributed by atoms with Crippen molar-refractivity contribution in [2.75, 3.05) is 6.61 Å². The van der Waals surface area contributed by atoms with E-state index in [1.807, 2.05) is 0 Å². The maximum absolute atomic E-state index is 13.8. The van der Waals surface area contributed by atoms with E-state index in [1.165, 1.54) is 17.4 Å². The van der Waals surface area contributed by atoms with Gasteiger partial charge in [0.1, 0.15) is 10.8 Å². The normalized spacial score (nSPS) is 10.5. The van der Waals surface area contributed by atoms with Crippen LogP contribution in [0.1, 0.15) is 12.6 Å². The van der Waals surface area contributed by atoms with Crippen LogP contribution in [-0.2, 0) is 16.0 Å². The monoisotopic (exact) mass is 343 g/mol. The first-order valence-corrected chi connectivity index (χ1v) is 7.33. The van der Waals surface area contributed by atoms with Crippen LogP contribution in [0, 0.1) is 5.82 Å². The van der Waals surface area contributed by atoms with E-state index in [0.29, 0.717) is 27.3 Å². The van der Waals surface area contributed by atoms with Crippen LogP contribution in [0.25, 0.3) is 10.6 Å². The Morgan fingerprint density at radius 2 is 2.32 bits per heavy atom. The lowest BCUT2D eigenvalue weighted by atomic mass is 10.2. The Hall–Kier alpha value is -1.27. The van der Waals surface area contributed by atoms with Gasteiger partial charge in [0.2, 0.25) is 0 Å². The standard InChI is InChI=1S/C13H11BrFNO2S/c1-2-18-11(17)6-8-7-19-13(16-8)12-9(14)4-3-5-10(12)15/h3-5,7H,2,6H2,1H3. The summed E-state index contributed by atoms with van der Waals surface area (Å²) in [6.45, 7) is 2.09. The summed E-state index contributed by atoms with van der Waals surface area (Å²) in [7, 11) is 0. The van der Waals surface area contributed by atoms with Gasteiger partial charge in [0, 0.05) is 9.85 Å². The molecule has 0 spiro atoms. The second-order valence-electron chi connectivity index (χ2n) is 3.72. The van der Waals surface area contributed by atoms with Crippen molar-refractivity contribution in [3.63, 3.8) is 0 Å². The molecule has 2 rings (SSSR count). The molecule has 0 aliphatic carbocycles. The number of hydrogen-bond acceptors (Lipinski definition) is 4. The maximum Gasteiger partial charge on any atom is 0.311 e. The molecule has 0 amide bonds. The van der Waals surface area contributed by atoms with Gasteiger partial charge in [-0.2, -0.15) is 0 Å². The highest BCUT2D eigenvalue weighted by molar-refractivity contribution is 9.10. The lowest BCUT2D eigenvalue weighted by molar-refractivity contribution is -0.142. The molecule has 19 heavy (non-hydrogen) atoms. The number of esters is 1. The van der Waals surface area contributed by atoms with Crippen LogP contribution < -0.4 is 0 Å². The topological polar surface area (TPSA) is 39.2 Å². The molecular weight excluding hydrogens is 333 g/mol. The number of halogens is 2. The van der Waals surface area contributed by atoms with Gasteiger partial charge in [0.15, 0.2) is 0 Å². The smallest absolute Gasteiger partial charge is 0.311 e. The Balaban J connectivity index is 2.24. The van der Waals surface area contributed by atoms with Gasteiger partial charge in [-0.05, 0) is 35.0 Å². The molecule has 1 heterocycles. The largest absolute Gasteiger partial charge is 0.466 e. The molecule has 0 atom stereocenters. The number of benzene rings is 1. The molecule has 100 valence electrons. The SMILES string of the molecule is CCOC(=O)Cc1csc(-c2c(F)cccc2Br)n1. The summed E-state index contributed by atoms with van der Waals surface area (Å²) in [5.41, 5.74) is 1.01. The fraction of sp³-hybridized carbons (Fsp3) is 0.231. The number of carbonyl (C=O) groups excluding carboxylic acids is 1. The molecule has 1 aromatic heterocycles. The highest BCUT2D eigenvalue weighted by Gasteiger charge is 2.14. The van der Waals surface area contributed by atoms with Crippen molar-refractivity contribution >= 4 is 33.2 Å². The van der Waals surface area contributed by atoms with E-state index in [2.05, 4.69) is 20.9 Å². The van der Waals surface area contributed by atoms with Crippen molar-refractivity contribution in [3.05, 3.63) is 39.6 Å². The summed E-state index contributed by atoms with van der Waals surface area (Å²) in [5.74, 6) is -0.668. The van der Waals surface area contributed by atoms with Crippen molar-refractivity contribution in [1.82, 2.24) is 4.98 Å². The summed E-state index contributed by atoms with van der Waals surface area (Å²) in [4.78, 5) is 15.6. The van der Waals surface area contributed by atoms with Crippen molar-refractivity contribution in [3.8, 4) is 10.6 Å². The molecule has 6 heteroatoms. The van der Waals surface area contributed by atoms with Crippen LogP contribution in [0.15, 0.2) is 28.1 Å². The molecule has 0 bridgehead atoms. The number of rotatable bonds is 4. The van der Waals surface area contributed by atoms with Gasteiger partial charge in [-0.1, -0.05) is 6.07 Å². The van der Waals surface area contributed by atoms with Gasteiger partial charge in [-0.15, -0.1) is 11.3 Å². The average Bonchev–Trinajstić information content (AvgIpc) is 2.77. The van der Waals surface area contributed by atoms with Crippen molar-refractivity contribution < 1.29 is 13.9 Å². The predicted molar refractivity (Wildman–Crippen MR) is 75.5 cm³/mol. The van der Waals surface area contributed by atoms with Crippen LogP contribution in [0.3, 0.4) is 0 Å². The number of aromatic nitrogens is 1. The van der Waals surface area contributed by atoms with Gasteiger partial charge in [0.25, 0.3) is 0 Å². The highest BCUT2D eigenvalue weighted by atomic mass is 79.9. The van der Waals surface area contributed by atoms with Gasteiger partial charge >= 0.3 is 5.97 Å². The fourth-order valence-electron chi connectivity index (χ4n) is 1.57. The Labute approximate surface area is 122 Å². The molecule has 0 radical (unpaired) electrons. The molecule has 2 aromatic rings. The first-order valence-electron chi connectivity index (χ1n) is 5.66.